The summed E-state index contributed by atoms with van der Waals surface area (Å²) in [5.74, 6) is 0.0428. The second-order valence-corrected chi connectivity index (χ2v) is 7.68. The number of rotatable bonds is 7. The molecule has 136 valence electrons. The zero-order chi connectivity index (χ0) is 17.7. The molecule has 0 radical (unpaired) electrons. The number of para-hydroxylation sites is 1. The molecule has 6 heteroatoms. The minimum absolute atomic E-state index is 0.0428. The van der Waals surface area contributed by atoms with Crippen molar-refractivity contribution >= 4 is 17.3 Å². The number of benzene rings is 1. The second-order valence-electron chi connectivity index (χ2n) is 7.27. The van der Waals surface area contributed by atoms with Crippen LogP contribution in [-0.4, -0.2) is 61.4 Å². The highest BCUT2D eigenvalue weighted by molar-refractivity contribution is 6.33. The molecule has 0 atom stereocenters. The lowest BCUT2D eigenvalue weighted by Gasteiger charge is -2.40. The summed E-state index contributed by atoms with van der Waals surface area (Å²) in [4.78, 5) is 4.84. The summed E-state index contributed by atoms with van der Waals surface area (Å²) < 4.78 is 0. The Morgan fingerprint density at radius 2 is 1.96 bits per heavy atom. The molecule has 3 rings (SSSR count). The third-order valence-electron chi connectivity index (χ3n) is 5.28. The van der Waals surface area contributed by atoms with Crippen LogP contribution in [0.25, 0.3) is 0 Å². The summed E-state index contributed by atoms with van der Waals surface area (Å²) in [6.07, 6.45) is 2.30. The highest BCUT2D eigenvalue weighted by atomic mass is 35.5. The first-order valence-electron chi connectivity index (χ1n) is 9.14. The van der Waals surface area contributed by atoms with Crippen LogP contribution in [0.1, 0.15) is 19.3 Å². The lowest BCUT2D eigenvalue weighted by atomic mass is 9.71. The van der Waals surface area contributed by atoms with Crippen LogP contribution < -0.4 is 10.2 Å². The Balaban J connectivity index is 1.29. The SMILES string of the molecule is N#CC1CC(O)(CNCCCN2CCN(c3ccccc3Cl)CC2)C1. The molecule has 2 fully saturated rings. The maximum Gasteiger partial charge on any atom is 0.0796 e. The average molecular weight is 363 g/mol. The van der Waals surface area contributed by atoms with Crippen molar-refractivity contribution in [2.75, 3.05) is 50.7 Å². The number of halogens is 1. The first kappa shape index (κ1) is 18.5. The molecule has 0 amide bonds. The Bertz CT molecular complexity index is 604. The van der Waals surface area contributed by atoms with Gasteiger partial charge in [-0.15, -0.1) is 0 Å². The average Bonchev–Trinajstić information content (AvgIpc) is 2.60. The molecule has 1 saturated heterocycles. The van der Waals surface area contributed by atoms with Crippen molar-refractivity contribution in [1.29, 1.82) is 5.26 Å². The van der Waals surface area contributed by atoms with Gasteiger partial charge in [0.1, 0.15) is 0 Å². The van der Waals surface area contributed by atoms with Crippen LogP contribution >= 0.6 is 11.6 Å². The molecular formula is C19H27ClN4O. The van der Waals surface area contributed by atoms with Crippen LogP contribution in [0.2, 0.25) is 5.02 Å². The first-order chi connectivity index (χ1) is 12.1. The largest absolute Gasteiger partial charge is 0.388 e. The van der Waals surface area contributed by atoms with Gasteiger partial charge >= 0.3 is 0 Å². The van der Waals surface area contributed by atoms with Crippen LogP contribution in [0.15, 0.2) is 24.3 Å². The van der Waals surface area contributed by atoms with E-state index in [-0.39, 0.29) is 5.92 Å². The lowest BCUT2D eigenvalue weighted by molar-refractivity contribution is -0.0543. The third-order valence-corrected chi connectivity index (χ3v) is 5.60. The van der Waals surface area contributed by atoms with Gasteiger partial charge in [-0.1, -0.05) is 23.7 Å². The molecule has 1 saturated carbocycles. The number of hydrogen-bond donors (Lipinski definition) is 2. The van der Waals surface area contributed by atoms with Crippen LogP contribution in [0.4, 0.5) is 5.69 Å². The standard InChI is InChI=1S/C19H27ClN4O/c20-17-4-1-2-5-18(17)24-10-8-23(9-11-24)7-3-6-22-15-19(25)12-16(13-19)14-21/h1-2,4-5,16,22,25H,3,6-13,15H2. The van der Waals surface area contributed by atoms with E-state index in [1.54, 1.807) is 0 Å². The summed E-state index contributed by atoms with van der Waals surface area (Å²) in [6.45, 7) is 6.70. The summed E-state index contributed by atoms with van der Waals surface area (Å²) in [5, 5.41) is 23.1. The minimum Gasteiger partial charge on any atom is -0.388 e. The lowest BCUT2D eigenvalue weighted by Crippen LogP contribution is -2.51. The fourth-order valence-corrected chi connectivity index (χ4v) is 4.02. The van der Waals surface area contributed by atoms with Gasteiger partial charge in [-0.05, 0) is 44.5 Å². The van der Waals surface area contributed by atoms with E-state index in [2.05, 4.69) is 27.3 Å². The third kappa shape index (κ3) is 4.86. The van der Waals surface area contributed by atoms with Gasteiger partial charge in [0, 0.05) is 32.7 Å². The zero-order valence-corrected chi connectivity index (χ0v) is 15.4. The van der Waals surface area contributed by atoms with E-state index < -0.39 is 5.60 Å². The molecule has 0 bridgehead atoms. The second kappa shape index (κ2) is 8.37. The molecule has 1 aromatic carbocycles. The Morgan fingerprint density at radius 1 is 1.24 bits per heavy atom. The molecule has 2 aliphatic rings. The number of anilines is 1. The van der Waals surface area contributed by atoms with Crippen LogP contribution in [-0.2, 0) is 0 Å². The summed E-state index contributed by atoms with van der Waals surface area (Å²) in [6, 6.07) is 10.3. The molecule has 0 aromatic heterocycles. The molecule has 0 spiro atoms. The minimum atomic E-state index is -0.652. The van der Waals surface area contributed by atoms with Crippen molar-refractivity contribution in [2.45, 2.75) is 24.9 Å². The molecule has 1 heterocycles. The van der Waals surface area contributed by atoms with E-state index in [0.29, 0.717) is 19.4 Å². The normalized spacial score (nSPS) is 26.9. The van der Waals surface area contributed by atoms with Crippen molar-refractivity contribution in [3.05, 3.63) is 29.3 Å². The van der Waals surface area contributed by atoms with E-state index in [1.807, 2.05) is 18.2 Å². The quantitative estimate of drug-likeness (QED) is 0.727. The highest BCUT2D eigenvalue weighted by Gasteiger charge is 2.42. The number of aliphatic hydroxyl groups is 1. The monoisotopic (exact) mass is 362 g/mol. The number of nitriles is 1. The molecule has 1 aromatic rings. The maximum atomic E-state index is 10.2. The van der Waals surface area contributed by atoms with Crippen molar-refractivity contribution in [3.8, 4) is 6.07 Å². The van der Waals surface area contributed by atoms with E-state index in [0.717, 1.165) is 56.4 Å². The molecule has 1 aliphatic carbocycles. The Kier molecular flexibility index (Phi) is 6.19. The number of piperazine rings is 1. The maximum absolute atomic E-state index is 10.2. The number of nitrogens with zero attached hydrogens (tertiary/aromatic N) is 3. The van der Waals surface area contributed by atoms with Gasteiger partial charge in [0.25, 0.3) is 0 Å². The van der Waals surface area contributed by atoms with Gasteiger partial charge in [-0.2, -0.15) is 5.26 Å². The fraction of sp³-hybridized carbons (Fsp3) is 0.632. The van der Waals surface area contributed by atoms with Crippen molar-refractivity contribution < 1.29 is 5.11 Å². The summed E-state index contributed by atoms with van der Waals surface area (Å²) in [5.41, 5.74) is 0.482. The fourth-order valence-electron chi connectivity index (χ4n) is 3.76. The molecule has 2 N–H and O–H groups in total. The van der Waals surface area contributed by atoms with Gasteiger partial charge in [0.2, 0.25) is 0 Å². The first-order valence-corrected chi connectivity index (χ1v) is 9.52. The summed E-state index contributed by atoms with van der Waals surface area (Å²) in [7, 11) is 0. The Hall–Kier alpha value is -1.32. The summed E-state index contributed by atoms with van der Waals surface area (Å²) >= 11 is 6.28. The Labute approximate surface area is 155 Å². The van der Waals surface area contributed by atoms with Crippen molar-refractivity contribution in [2.24, 2.45) is 5.92 Å². The van der Waals surface area contributed by atoms with Crippen molar-refractivity contribution in [1.82, 2.24) is 10.2 Å². The highest BCUT2D eigenvalue weighted by Crippen LogP contribution is 2.36. The van der Waals surface area contributed by atoms with Crippen LogP contribution in [0.5, 0.6) is 0 Å². The topological polar surface area (TPSA) is 62.5 Å². The van der Waals surface area contributed by atoms with E-state index >= 15 is 0 Å². The van der Waals surface area contributed by atoms with Crippen LogP contribution in [0.3, 0.4) is 0 Å². The smallest absolute Gasteiger partial charge is 0.0796 e. The predicted molar refractivity (Wildman–Crippen MR) is 101 cm³/mol. The number of nitrogens with one attached hydrogen (secondary N) is 1. The predicted octanol–water partition coefficient (Wildman–Crippen LogP) is 2.11. The molecule has 5 nitrogen and oxygen atoms in total. The number of hydrogen-bond acceptors (Lipinski definition) is 5. The Morgan fingerprint density at radius 3 is 2.64 bits per heavy atom. The van der Waals surface area contributed by atoms with Crippen molar-refractivity contribution in [3.63, 3.8) is 0 Å². The molecule has 1 aliphatic heterocycles. The van der Waals surface area contributed by atoms with Gasteiger partial charge < -0.3 is 15.3 Å². The molecule has 0 unspecified atom stereocenters. The van der Waals surface area contributed by atoms with E-state index in [9.17, 15) is 5.11 Å². The molecular weight excluding hydrogens is 336 g/mol. The van der Waals surface area contributed by atoms with Gasteiger partial charge in [-0.25, -0.2) is 0 Å². The van der Waals surface area contributed by atoms with Gasteiger partial charge in [0.15, 0.2) is 0 Å². The molecule has 25 heavy (non-hydrogen) atoms. The van der Waals surface area contributed by atoms with Gasteiger partial charge in [0.05, 0.1) is 28.3 Å². The zero-order valence-electron chi connectivity index (χ0n) is 14.6. The van der Waals surface area contributed by atoms with E-state index in [4.69, 9.17) is 16.9 Å². The van der Waals surface area contributed by atoms with Gasteiger partial charge in [-0.3, -0.25) is 4.90 Å². The van der Waals surface area contributed by atoms with E-state index in [1.165, 1.54) is 0 Å². The van der Waals surface area contributed by atoms with Crippen LogP contribution in [0, 0.1) is 17.2 Å².